The zero-order valence-electron chi connectivity index (χ0n) is 10.5. The quantitative estimate of drug-likeness (QED) is 0.416. The highest BCUT2D eigenvalue weighted by Crippen LogP contribution is 2.21. The van der Waals surface area contributed by atoms with Crippen LogP contribution in [0.1, 0.15) is 12.8 Å². The number of nitrogen functional groups attached to an aromatic ring is 1. The van der Waals surface area contributed by atoms with E-state index in [0.29, 0.717) is 24.9 Å². The summed E-state index contributed by atoms with van der Waals surface area (Å²) < 4.78 is 5.38. The lowest BCUT2D eigenvalue weighted by molar-refractivity contribution is -0.384. The standard InChI is InChI=1S/C11H17N5O3/c12-15-11-5-9(16(17)18)4-10(14-11)13-6-8-2-1-3-19-7-8/h4-5,8H,1-3,6-7,12H2,(H2,13,14,15). The Kier molecular flexibility index (Phi) is 4.48. The lowest BCUT2D eigenvalue weighted by Crippen LogP contribution is -2.24. The molecule has 1 fully saturated rings. The Balaban J connectivity index is 2.02. The molecule has 1 unspecified atom stereocenters. The van der Waals surface area contributed by atoms with E-state index in [-0.39, 0.29) is 11.5 Å². The number of pyridine rings is 1. The zero-order chi connectivity index (χ0) is 13.7. The zero-order valence-corrected chi connectivity index (χ0v) is 10.5. The molecular weight excluding hydrogens is 250 g/mol. The maximum absolute atomic E-state index is 10.8. The van der Waals surface area contributed by atoms with E-state index in [9.17, 15) is 10.1 Å². The topological polar surface area (TPSA) is 115 Å². The first-order valence-corrected chi connectivity index (χ1v) is 6.13. The van der Waals surface area contributed by atoms with E-state index in [1.165, 1.54) is 12.1 Å². The van der Waals surface area contributed by atoms with Crippen LogP contribution >= 0.6 is 0 Å². The van der Waals surface area contributed by atoms with Crippen molar-refractivity contribution in [3.05, 3.63) is 22.2 Å². The number of hydrogen-bond acceptors (Lipinski definition) is 7. The summed E-state index contributed by atoms with van der Waals surface area (Å²) in [5.74, 6) is 6.35. The number of anilines is 2. The monoisotopic (exact) mass is 267 g/mol. The number of nitrogens with one attached hydrogen (secondary N) is 2. The van der Waals surface area contributed by atoms with Gasteiger partial charge in [0.2, 0.25) is 0 Å². The molecule has 0 saturated carbocycles. The first-order valence-electron chi connectivity index (χ1n) is 6.13. The van der Waals surface area contributed by atoms with E-state index in [2.05, 4.69) is 15.7 Å². The van der Waals surface area contributed by atoms with Gasteiger partial charge in [0, 0.05) is 13.2 Å². The SMILES string of the molecule is NNc1cc([N+](=O)[O-])cc(NCC2CCCOC2)n1. The molecule has 1 atom stereocenters. The lowest BCUT2D eigenvalue weighted by Gasteiger charge is -2.22. The Hall–Kier alpha value is -1.93. The highest BCUT2D eigenvalue weighted by Gasteiger charge is 2.15. The molecule has 19 heavy (non-hydrogen) atoms. The van der Waals surface area contributed by atoms with Crippen molar-refractivity contribution < 1.29 is 9.66 Å². The van der Waals surface area contributed by atoms with Crippen molar-refractivity contribution >= 4 is 17.3 Å². The molecule has 0 radical (unpaired) electrons. The van der Waals surface area contributed by atoms with Crippen LogP contribution < -0.4 is 16.6 Å². The van der Waals surface area contributed by atoms with E-state index in [4.69, 9.17) is 10.6 Å². The van der Waals surface area contributed by atoms with Crippen molar-refractivity contribution in [1.82, 2.24) is 4.98 Å². The van der Waals surface area contributed by atoms with Crippen LogP contribution in [0.15, 0.2) is 12.1 Å². The number of nitrogens with zero attached hydrogens (tertiary/aromatic N) is 2. The summed E-state index contributed by atoms with van der Waals surface area (Å²) in [5, 5.41) is 13.9. The van der Waals surface area contributed by atoms with Gasteiger partial charge in [-0.05, 0) is 18.8 Å². The normalized spacial score (nSPS) is 18.9. The molecule has 2 heterocycles. The van der Waals surface area contributed by atoms with Gasteiger partial charge in [-0.15, -0.1) is 0 Å². The minimum atomic E-state index is -0.475. The largest absolute Gasteiger partial charge is 0.381 e. The molecular formula is C11H17N5O3. The first-order chi connectivity index (χ1) is 9.19. The number of nitro groups is 1. The molecule has 1 aliphatic rings. The van der Waals surface area contributed by atoms with Gasteiger partial charge in [0.1, 0.15) is 11.6 Å². The fraction of sp³-hybridized carbons (Fsp3) is 0.545. The second kappa shape index (κ2) is 6.30. The van der Waals surface area contributed by atoms with Gasteiger partial charge in [0.05, 0.1) is 23.7 Å². The third-order valence-corrected chi connectivity index (χ3v) is 3.00. The van der Waals surface area contributed by atoms with Crippen molar-refractivity contribution in [2.45, 2.75) is 12.8 Å². The molecule has 1 saturated heterocycles. The third-order valence-electron chi connectivity index (χ3n) is 3.00. The number of hydrogen-bond donors (Lipinski definition) is 3. The van der Waals surface area contributed by atoms with Crippen LogP contribution in [-0.2, 0) is 4.74 Å². The number of aromatic nitrogens is 1. The van der Waals surface area contributed by atoms with E-state index in [1.807, 2.05) is 0 Å². The average Bonchev–Trinajstić information content (AvgIpc) is 2.45. The van der Waals surface area contributed by atoms with Crippen LogP contribution in [0.5, 0.6) is 0 Å². The lowest BCUT2D eigenvalue weighted by atomic mass is 10.0. The minimum Gasteiger partial charge on any atom is -0.381 e. The van der Waals surface area contributed by atoms with Crippen molar-refractivity contribution in [2.24, 2.45) is 11.8 Å². The molecule has 0 aromatic carbocycles. The van der Waals surface area contributed by atoms with Gasteiger partial charge in [-0.1, -0.05) is 0 Å². The fourth-order valence-corrected chi connectivity index (χ4v) is 2.00. The average molecular weight is 267 g/mol. The highest BCUT2D eigenvalue weighted by atomic mass is 16.6. The van der Waals surface area contributed by atoms with Gasteiger partial charge < -0.3 is 15.5 Å². The van der Waals surface area contributed by atoms with Crippen molar-refractivity contribution in [3.63, 3.8) is 0 Å². The second-order valence-electron chi connectivity index (χ2n) is 4.46. The Labute approximate surface area is 110 Å². The van der Waals surface area contributed by atoms with Crippen LogP contribution in [0.25, 0.3) is 0 Å². The second-order valence-corrected chi connectivity index (χ2v) is 4.46. The maximum Gasteiger partial charge on any atom is 0.276 e. The molecule has 0 spiro atoms. The van der Waals surface area contributed by atoms with E-state index >= 15 is 0 Å². The van der Waals surface area contributed by atoms with E-state index in [1.54, 1.807) is 0 Å². The molecule has 8 nitrogen and oxygen atoms in total. The van der Waals surface area contributed by atoms with E-state index in [0.717, 1.165) is 19.4 Å². The molecule has 2 rings (SSSR count). The van der Waals surface area contributed by atoms with Crippen LogP contribution in [-0.4, -0.2) is 29.7 Å². The number of rotatable bonds is 5. The van der Waals surface area contributed by atoms with Gasteiger partial charge in [-0.2, -0.15) is 0 Å². The summed E-state index contributed by atoms with van der Waals surface area (Å²) in [4.78, 5) is 14.4. The highest BCUT2D eigenvalue weighted by molar-refractivity contribution is 5.54. The van der Waals surface area contributed by atoms with Crippen molar-refractivity contribution in [1.29, 1.82) is 0 Å². The smallest absolute Gasteiger partial charge is 0.276 e. The maximum atomic E-state index is 10.8. The van der Waals surface area contributed by atoms with Gasteiger partial charge in [0.15, 0.2) is 0 Å². The van der Waals surface area contributed by atoms with Gasteiger partial charge in [0.25, 0.3) is 5.69 Å². The van der Waals surface area contributed by atoms with E-state index < -0.39 is 4.92 Å². The molecule has 0 amide bonds. The van der Waals surface area contributed by atoms with Crippen LogP contribution in [0.3, 0.4) is 0 Å². The molecule has 1 aromatic rings. The summed E-state index contributed by atoms with van der Waals surface area (Å²) >= 11 is 0. The number of hydrazine groups is 1. The first kappa shape index (κ1) is 13.5. The molecule has 1 aliphatic heterocycles. The van der Waals surface area contributed by atoms with Crippen LogP contribution in [0.2, 0.25) is 0 Å². The Morgan fingerprint density at radius 3 is 2.95 bits per heavy atom. The Bertz CT molecular complexity index is 448. The van der Waals surface area contributed by atoms with Gasteiger partial charge >= 0.3 is 0 Å². The third kappa shape index (κ3) is 3.76. The van der Waals surface area contributed by atoms with Crippen LogP contribution in [0, 0.1) is 16.0 Å². The summed E-state index contributed by atoms with van der Waals surface area (Å²) in [7, 11) is 0. The molecule has 0 bridgehead atoms. The predicted octanol–water partition coefficient (Wildman–Crippen LogP) is 1.11. The number of nitrogens with two attached hydrogens (primary N) is 1. The Morgan fingerprint density at radius 2 is 2.32 bits per heavy atom. The molecule has 1 aromatic heterocycles. The van der Waals surface area contributed by atoms with Crippen LogP contribution in [0.4, 0.5) is 17.3 Å². The minimum absolute atomic E-state index is 0.0506. The summed E-state index contributed by atoms with van der Waals surface area (Å²) in [6.45, 7) is 2.20. The number of ether oxygens (including phenoxy) is 1. The fourth-order valence-electron chi connectivity index (χ4n) is 2.00. The summed E-state index contributed by atoms with van der Waals surface area (Å²) in [6, 6.07) is 2.68. The molecule has 0 aliphatic carbocycles. The van der Waals surface area contributed by atoms with Gasteiger partial charge in [-0.25, -0.2) is 10.8 Å². The van der Waals surface area contributed by atoms with Crippen molar-refractivity contribution in [2.75, 3.05) is 30.5 Å². The molecule has 4 N–H and O–H groups in total. The Morgan fingerprint density at radius 1 is 1.53 bits per heavy atom. The van der Waals surface area contributed by atoms with Gasteiger partial charge in [-0.3, -0.25) is 10.1 Å². The summed E-state index contributed by atoms with van der Waals surface area (Å²) in [6.07, 6.45) is 2.13. The van der Waals surface area contributed by atoms with Crippen molar-refractivity contribution in [3.8, 4) is 0 Å². The molecule has 8 heteroatoms. The summed E-state index contributed by atoms with van der Waals surface area (Å²) in [5.41, 5.74) is 2.27. The molecule has 104 valence electrons. The predicted molar refractivity (Wildman–Crippen MR) is 70.7 cm³/mol.